The number of rotatable bonds is 4. The fourth-order valence-electron chi connectivity index (χ4n) is 2.51. The van der Waals surface area contributed by atoms with E-state index in [0.29, 0.717) is 5.92 Å². The molecule has 0 aliphatic carbocycles. The molecular weight excluding hydrogens is 250 g/mol. The highest BCUT2D eigenvalue weighted by molar-refractivity contribution is 5.77. The minimum absolute atomic E-state index is 0.111. The van der Waals surface area contributed by atoms with Gasteiger partial charge in [-0.05, 0) is 36.5 Å². The van der Waals surface area contributed by atoms with Gasteiger partial charge in [0.2, 0.25) is 0 Å². The van der Waals surface area contributed by atoms with Gasteiger partial charge >= 0.3 is 0 Å². The lowest BCUT2D eigenvalue weighted by Gasteiger charge is -2.20. The Morgan fingerprint density at radius 3 is 2.25 bits per heavy atom. The first-order valence-electron chi connectivity index (χ1n) is 7.67. The Labute approximate surface area is 121 Å². The summed E-state index contributed by atoms with van der Waals surface area (Å²) < 4.78 is 5.61. The van der Waals surface area contributed by atoms with E-state index in [1.165, 1.54) is 18.4 Å². The molecule has 1 amide bonds. The van der Waals surface area contributed by atoms with E-state index in [0.717, 1.165) is 31.7 Å². The summed E-state index contributed by atoms with van der Waals surface area (Å²) in [7, 11) is 0. The zero-order valence-electron chi connectivity index (χ0n) is 12.6. The average Bonchev–Trinajstić information content (AvgIpc) is 2.74. The van der Waals surface area contributed by atoms with Crippen LogP contribution in [-0.4, -0.2) is 30.5 Å². The van der Waals surface area contributed by atoms with Gasteiger partial charge in [0.25, 0.3) is 5.91 Å². The fourth-order valence-corrected chi connectivity index (χ4v) is 2.51. The third kappa shape index (κ3) is 4.26. The normalized spacial score (nSPS) is 16.1. The van der Waals surface area contributed by atoms with Crippen LogP contribution >= 0.6 is 0 Å². The van der Waals surface area contributed by atoms with Crippen molar-refractivity contribution < 1.29 is 9.53 Å². The molecule has 20 heavy (non-hydrogen) atoms. The van der Waals surface area contributed by atoms with Gasteiger partial charge < -0.3 is 9.64 Å². The van der Waals surface area contributed by atoms with E-state index >= 15 is 0 Å². The zero-order valence-corrected chi connectivity index (χ0v) is 12.6. The van der Waals surface area contributed by atoms with Crippen LogP contribution in [0, 0.1) is 0 Å². The molecule has 1 fully saturated rings. The number of ether oxygens (including phenoxy) is 1. The molecule has 1 aliphatic rings. The van der Waals surface area contributed by atoms with Gasteiger partial charge in [-0.2, -0.15) is 0 Å². The maximum Gasteiger partial charge on any atom is 0.260 e. The lowest BCUT2D eigenvalue weighted by Crippen LogP contribution is -2.35. The van der Waals surface area contributed by atoms with E-state index in [1.807, 2.05) is 17.0 Å². The maximum atomic E-state index is 12.1. The summed E-state index contributed by atoms with van der Waals surface area (Å²) in [6.07, 6.45) is 4.71. The Morgan fingerprint density at radius 2 is 1.70 bits per heavy atom. The number of carbonyl (C=O) groups excluding carboxylic acids is 1. The molecular formula is C17H25NO2. The van der Waals surface area contributed by atoms with Gasteiger partial charge in [0, 0.05) is 13.1 Å². The van der Waals surface area contributed by atoms with E-state index in [9.17, 15) is 4.79 Å². The van der Waals surface area contributed by atoms with Crippen LogP contribution in [0.15, 0.2) is 24.3 Å². The van der Waals surface area contributed by atoms with Crippen molar-refractivity contribution >= 4 is 5.91 Å². The van der Waals surface area contributed by atoms with Gasteiger partial charge in [-0.3, -0.25) is 4.79 Å². The van der Waals surface area contributed by atoms with Crippen molar-refractivity contribution in [3.8, 4) is 5.75 Å². The second kappa shape index (κ2) is 7.32. The standard InChI is InChI=1S/C17H25NO2/c1-14(2)15-7-9-16(10-8-15)20-13-17(19)18-11-5-3-4-6-12-18/h7-10,14H,3-6,11-13H2,1-2H3. The van der Waals surface area contributed by atoms with Crippen molar-refractivity contribution in [3.63, 3.8) is 0 Å². The molecule has 0 radical (unpaired) electrons. The number of hydrogen-bond acceptors (Lipinski definition) is 2. The molecule has 0 saturated carbocycles. The molecule has 0 unspecified atom stereocenters. The summed E-state index contributed by atoms with van der Waals surface area (Å²) in [5.74, 6) is 1.40. The van der Waals surface area contributed by atoms with Gasteiger partial charge in [0.15, 0.2) is 6.61 Å². The van der Waals surface area contributed by atoms with E-state index in [1.54, 1.807) is 0 Å². The smallest absolute Gasteiger partial charge is 0.260 e. The van der Waals surface area contributed by atoms with E-state index in [2.05, 4.69) is 26.0 Å². The van der Waals surface area contributed by atoms with Crippen LogP contribution in [0.2, 0.25) is 0 Å². The first kappa shape index (κ1) is 14.9. The molecule has 0 aromatic heterocycles. The molecule has 1 aliphatic heterocycles. The monoisotopic (exact) mass is 275 g/mol. The molecule has 0 N–H and O–H groups in total. The van der Waals surface area contributed by atoms with E-state index in [4.69, 9.17) is 4.74 Å². The molecule has 0 bridgehead atoms. The summed E-state index contributed by atoms with van der Waals surface area (Å²) in [6.45, 7) is 6.25. The molecule has 0 spiro atoms. The van der Waals surface area contributed by atoms with Crippen LogP contribution in [0.25, 0.3) is 0 Å². The van der Waals surface area contributed by atoms with Crippen molar-refractivity contribution in [2.75, 3.05) is 19.7 Å². The highest BCUT2D eigenvalue weighted by Crippen LogP contribution is 2.18. The number of amides is 1. The topological polar surface area (TPSA) is 29.5 Å². The Balaban J connectivity index is 1.83. The maximum absolute atomic E-state index is 12.1. The molecule has 1 heterocycles. The third-order valence-electron chi connectivity index (χ3n) is 3.87. The minimum atomic E-state index is 0.111. The Kier molecular flexibility index (Phi) is 5.45. The molecule has 2 rings (SSSR count). The molecule has 110 valence electrons. The second-order valence-electron chi connectivity index (χ2n) is 5.81. The summed E-state index contributed by atoms with van der Waals surface area (Å²) in [4.78, 5) is 14.0. The largest absolute Gasteiger partial charge is 0.484 e. The van der Waals surface area contributed by atoms with Crippen LogP contribution < -0.4 is 4.74 Å². The molecule has 1 aromatic carbocycles. The predicted molar refractivity (Wildman–Crippen MR) is 81.1 cm³/mol. The number of likely N-dealkylation sites (tertiary alicyclic amines) is 1. The summed E-state index contributed by atoms with van der Waals surface area (Å²) in [5, 5.41) is 0. The highest BCUT2D eigenvalue weighted by Gasteiger charge is 2.15. The minimum Gasteiger partial charge on any atom is -0.484 e. The number of nitrogens with zero attached hydrogens (tertiary/aromatic N) is 1. The molecule has 1 saturated heterocycles. The Hall–Kier alpha value is -1.51. The van der Waals surface area contributed by atoms with Gasteiger partial charge in [-0.25, -0.2) is 0 Å². The zero-order chi connectivity index (χ0) is 14.4. The molecule has 1 aromatic rings. The van der Waals surface area contributed by atoms with E-state index in [-0.39, 0.29) is 12.5 Å². The van der Waals surface area contributed by atoms with Gasteiger partial charge in [-0.15, -0.1) is 0 Å². The van der Waals surface area contributed by atoms with Crippen LogP contribution in [0.4, 0.5) is 0 Å². The van der Waals surface area contributed by atoms with Crippen molar-refractivity contribution in [2.45, 2.75) is 45.4 Å². The molecule has 0 atom stereocenters. The van der Waals surface area contributed by atoms with Crippen LogP contribution in [0.1, 0.15) is 51.0 Å². The first-order valence-corrected chi connectivity index (χ1v) is 7.67. The van der Waals surface area contributed by atoms with Gasteiger partial charge in [-0.1, -0.05) is 38.8 Å². The van der Waals surface area contributed by atoms with Gasteiger partial charge in [0.05, 0.1) is 0 Å². The first-order chi connectivity index (χ1) is 9.66. The van der Waals surface area contributed by atoms with Crippen molar-refractivity contribution in [2.24, 2.45) is 0 Å². The van der Waals surface area contributed by atoms with Crippen molar-refractivity contribution in [3.05, 3.63) is 29.8 Å². The third-order valence-corrected chi connectivity index (χ3v) is 3.87. The van der Waals surface area contributed by atoms with Crippen LogP contribution in [0.5, 0.6) is 5.75 Å². The Bertz CT molecular complexity index is 417. The second-order valence-corrected chi connectivity index (χ2v) is 5.81. The number of hydrogen-bond donors (Lipinski definition) is 0. The van der Waals surface area contributed by atoms with E-state index < -0.39 is 0 Å². The Morgan fingerprint density at radius 1 is 1.10 bits per heavy atom. The lowest BCUT2D eigenvalue weighted by molar-refractivity contribution is -0.133. The SMILES string of the molecule is CC(C)c1ccc(OCC(=O)N2CCCCCC2)cc1. The summed E-state index contributed by atoms with van der Waals surface area (Å²) in [5.41, 5.74) is 1.29. The van der Waals surface area contributed by atoms with Crippen molar-refractivity contribution in [1.82, 2.24) is 4.90 Å². The lowest BCUT2D eigenvalue weighted by atomic mass is 10.0. The highest BCUT2D eigenvalue weighted by atomic mass is 16.5. The molecule has 3 heteroatoms. The summed E-state index contributed by atoms with van der Waals surface area (Å²) >= 11 is 0. The summed E-state index contributed by atoms with van der Waals surface area (Å²) in [6, 6.07) is 8.03. The number of benzene rings is 1. The fraction of sp³-hybridized carbons (Fsp3) is 0.588. The predicted octanol–water partition coefficient (Wildman–Crippen LogP) is 3.59. The average molecular weight is 275 g/mol. The van der Waals surface area contributed by atoms with Crippen LogP contribution in [0.3, 0.4) is 0 Å². The van der Waals surface area contributed by atoms with Gasteiger partial charge in [0.1, 0.15) is 5.75 Å². The van der Waals surface area contributed by atoms with Crippen molar-refractivity contribution in [1.29, 1.82) is 0 Å². The van der Waals surface area contributed by atoms with Crippen LogP contribution in [-0.2, 0) is 4.79 Å². The molecule has 3 nitrogen and oxygen atoms in total. The quantitative estimate of drug-likeness (QED) is 0.840. The number of carbonyl (C=O) groups is 1.